The van der Waals surface area contributed by atoms with E-state index in [1.54, 1.807) is 17.7 Å². The van der Waals surface area contributed by atoms with Crippen molar-refractivity contribution in [2.24, 2.45) is 0 Å². The molecular formula is C18H22F3N3O2. The van der Waals surface area contributed by atoms with E-state index in [9.17, 15) is 18.0 Å². The van der Waals surface area contributed by atoms with Crippen molar-refractivity contribution in [3.63, 3.8) is 0 Å². The zero-order valence-corrected chi connectivity index (χ0v) is 14.5. The summed E-state index contributed by atoms with van der Waals surface area (Å²) in [6, 6.07) is 1.70. The van der Waals surface area contributed by atoms with Crippen LogP contribution in [0.5, 0.6) is 0 Å². The predicted octanol–water partition coefficient (Wildman–Crippen LogP) is 3.43. The Hall–Kier alpha value is -2.32. The lowest BCUT2D eigenvalue weighted by atomic mass is 10.1. The number of hydrogen-bond donors (Lipinski definition) is 2. The maximum absolute atomic E-state index is 12.7. The van der Waals surface area contributed by atoms with Crippen LogP contribution in [0.3, 0.4) is 0 Å². The number of fused-ring (bicyclic) bond motifs is 1. The molecule has 1 aromatic rings. The fourth-order valence-corrected chi connectivity index (χ4v) is 2.89. The molecule has 0 spiro atoms. The molecule has 26 heavy (non-hydrogen) atoms. The molecular weight excluding hydrogens is 347 g/mol. The van der Waals surface area contributed by atoms with Gasteiger partial charge in [-0.2, -0.15) is 13.2 Å². The third kappa shape index (κ3) is 5.09. The first-order valence-electron chi connectivity index (χ1n) is 8.19. The Morgan fingerprint density at radius 2 is 2.12 bits per heavy atom. The van der Waals surface area contributed by atoms with Crippen LogP contribution in [0, 0.1) is 0 Å². The molecule has 0 aliphatic carbocycles. The van der Waals surface area contributed by atoms with E-state index in [1.807, 2.05) is 4.57 Å². The second-order valence-corrected chi connectivity index (χ2v) is 6.15. The summed E-state index contributed by atoms with van der Waals surface area (Å²) >= 11 is 0. The summed E-state index contributed by atoms with van der Waals surface area (Å²) in [5, 5.41) is 8.73. The Bertz CT molecular complexity index is 733. The molecule has 1 aliphatic rings. The summed E-state index contributed by atoms with van der Waals surface area (Å²) < 4.78 is 40.1. The van der Waals surface area contributed by atoms with E-state index in [-0.39, 0.29) is 0 Å². The number of nitrogens with zero attached hydrogens (tertiary/aromatic N) is 2. The smallest absolute Gasteiger partial charge is 0.349 e. The SMILES string of the molecule is C=C(/C=C\C(=C/C)C(F)(F)F)CN1CCCn2cc(C(=O)NO)cc2C1. The van der Waals surface area contributed by atoms with Crippen molar-refractivity contribution < 1.29 is 23.2 Å². The Balaban J connectivity index is 2.03. The van der Waals surface area contributed by atoms with Crippen LogP contribution < -0.4 is 5.48 Å². The van der Waals surface area contributed by atoms with Crippen LogP contribution >= 0.6 is 0 Å². The largest absolute Gasteiger partial charge is 0.416 e. The van der Waals surface area contributed by atoms with Crippen LogP contribution in [0.2, 0.25) is 0 Å². The van der Waals surface area contributed by atoms with Gasteiger partial charge in [-0.25, -0.2) is 5.48 Å². The van der Waals surface area contributed by atoms with E-state index in [2.05, 4.69) is 11.5 Å². The van der Waals surface area contributed by atoms with E-state index in [0.717, 1.165) is 37.4 Å². The van der Waals surface area contributed by atoms with Crippen LogP contribution in [0.4, 0.5) is 13.2 Å². The van der Waals surface area contributed by atoms with E-state index in [4.69, 9.17) is 5.21 Å². The maximum atomic E-state index is 12.7. The number of carbonyl (C=O) groups excluding carboxylic acids is 1. The molecule has 0 atom stereocenters. The number of aryl methyl sites for hydroxylation is 1. The minimum Gasteiger partial charge on any atom is -0.349 e. The van der Waals surface area contributed by atoms with Gasteiger partial charge in [-0.15, -0.1) is 0 Å². The van der Waals surface area contributed by atoms with Gasteiger partial charge in [0.25, 0.3) is 5.91 Å². The molecule has 0 aromatic carbocycles. The van der Waals surface area contributed by atoms with E-state index >= 15 is 0 Å². The molecule has 1 aromatic heterocycles. The summed E-state index contributed by atoms with van der Waals surface area (Å²) in [4.78, 5) is 13.6. The summed E-state index contributed by atoms with van der Waals surface area (Å²) in [5.74, 6) is -0.574. The topological polar surface area (TPSA) is 57.5 Å². The van der Waals surface area contributed by atoms with Gasteiger partial charge in [0.05, 0.1) is 11.1 Å². The minimum atomic E-state index is -4.38. The number of nitrogens with one attached hydrogen (secondary N) is 1. The van der Waals surface area contributed by atoms with Gasteiger partial charge < -0.3 is 4.57 Å². The highest BCUT2D eigenvalue weighted by Gasteiger charge is 2.30. The molecule has 0 radical (unpaired) electrons. The number of carbonyl (C=O) groups is 1. The van der Waals surface area contributed by atoms with Crippen molar-refractivity contribution in [2.45, 2.75) is 32.6 Å². The van der Waals surface area contributed by atoms with Gasteiger partial charge in [0.15, 0.2) is 0 Å². The number of aromatic nitrogens is 1. The molecule has 2 rings (SSSR count). The molecule has 1 aliphatic heterocycles. The van der Waals surface area contributed by atoms with Gasteiger partial charge in [0, 0.05) is 38.1 Å². The van der Waals surface area contributed by atoms with Crippen LogP contribution in [-0.2, 0) is 13.1 Å². The Kier molecular flexibility index (Phi) is 6.44. The number of hydroxylamine groups is 1. The molecule has 0 saturated carbocycles. The average Bonchev–Trinajstić information content (AvgIpc) is 2.87. The minimum absolute atomic E-state index is 0.367. The Morgan fingerprint density at radius 1 is 1.38 bits per heavy atom. The van der Waals surface area contributed by atoms with Crippen LogP contribution in [0.1, 0.15) is 29.4 Å². The summed E-state index contributed by atoms with van der Waals surface area (Å²) in [6.45, 7) is 7.66. The molecule has 5 nitrogen and oxygen atoms in total. The molecule has 0 bridgehead atoms. The molecule has 0 unspecified atom stereocenters. The quantitative estimate of drug-likeness (QED) is 0.475. The fourth-order valence-electron chi connectivity index (χ4n) is 2.89. The summed E-state index contributed by atoms with van der Waals surface area (Å²) in [5.41, 5.74) is 2.75. The maximum Gasteiger partial charge on any atom is 0.416 e. The average molecular weight is 369 g/mol. The van der Waals surface area contributed by atoms with Crippen molar-refractivity contribution in [1.82, 2.24) is 14.9 Å². The number of rotatable bonds is 5. The zero-order chi connectivity index (χ0) is 19.3. The van der Waals surface area contributed by atoms with Crippen LogP contribution in [-0.4, -0.2) is 39.8 Å². The van der Waals surface area contributed by atoms with Gasteiger partial charge >= 0.3 is 6.18 Å². The first-order chi connectivity index (χ1) is 12.2. The number of allylic oxidation sites excluding steroid dienone is 3. The molecule has 0 fully saturated rings. The molecule has 2 heterocycles. The lowest BCUT2D eigenvalue weighted by Crippen LogP contribution is -2.25. The van der Waals surface area contributed by atoms with Crippen LogP contribution in [0.25, 0.3) is 0 Å². The molecule has 2 N–H and O–H groups in total. The standard InChI is InChI=1S/C18H22F3N3O2/c1-3-15(18(19,20)21)6-5-13(2)10-23-7-4-8-24-11-14(17(25)22-26)9-16(24)12-23/h3,5-6,9,11,26H,2,4,7-8,10,12H2,1H3,(H,22,25)/b6-5-,15-3+. The molecule has 8 heteroatoms. The molecule has 1 amide bonds. The normalized spacial score (nSPS) is 16.4. The Labute approximate surface area is 150 Å². The zero-order valence-electron chi connectivity index (χ0n) is 14.5. The lowest BCUT2D eigenvalue weighted by molar-refractivity contribution is -0.0883. The van der Waals surface area contributed by atoms with E-state index in [1.165, 1.54) is 13.0 Å². The van der Waals surface area contributed by atoms with Crippen molar-refractivity contribution in [3.8, 4) is 0 Å². The van der Waals surface area contributed by atoms with Crippen molar-refractivity contribution >= 4 is 5.91 Å². The van der Waals surface area contributed by atoms with Crippen molar-refractivity contribution in [3.05, 3.63) is 59.5 Å². The highest BCUT2D eigenvalue weighted by Crippen LogP contribution is 2.26. The third-order valence-electron chi connectivity index (χ3n) is 4.17. The molecule has 0 saturated heterocycles. The number of alkyl halides is 3. The summed E-state index contributed by atoms with van der Waals surface area (Å²) in [7, 11) is 0. The number of amides is 1. The Morgan fingerprint density at radius 3 is 2.73 bits per heavy atom. The monoisotopic (exact) mass is 369 g/mol. The number of hydrogen-bond acceptors (Lipinski definition) is 3. The summed E-state index contributed by atoms with van der Waals surface area (Å²) in [6.07, 6.45) is 1.58. The first kappa shape index (κ1) is 20.0. The highest BCUT2D eigenvalue weighted by atomic mass is 19.4. The van der Waals surface area contributed by atoms with Crippen molar-refractivity contribution in [1.29, 1.82) is 0 Å². The van der Waals surface area contributed by atoms with Crippen molar-refractivity contribution in [2.75, 3.05) is 13.1 Å². The van der Waals surface area contributed by atoms with Gasteiger partial charge in [-0.3, -0.25) is 14.9 Å². The van der Waals surface area contributed by atoms with Gasteiger partial charge in [0.2, 0.25) is 0 Å². The third-order valence-corrected chi connectivity index (χ3v) is 4.17. The van der Waals surface area contributed by atoms with Gasteiger partial charge in [0.1, 0.15) is 0 Å². The predicted molar refractivity (Wildman–Crippen MR) is 91.7 cm³/mol. The van der Waals surface area contributed by atoms with Gasteiger partial charge in [-0.05, 0) is 25.0 Å². The van der Waals surface area contributed by atoms with E-state index in [0.29, 0.717) is 24.2 Å². The fraction of sp³-hybridized carbons (Fsp3) is 0.389. The first-order valence-corrected chi connectivity index (χ1v) is 8.19. The molecule has 142 valence electrons. The van der Waals surface area contributed by atoms with Gasteiger partial charge in [-0.1, -0.05) is 24.8 Å². The van der Waals surface area contributed by atoms with E-state index < -0.39 is 17.7 Å². The lowest BCUT2D eigenvalue weighted by Gasteiger charge is -2.19. The number of halogens is 3. The second kappa shape index (κ2) is 8.37. The second-order valence-electron chi connectivity index (χ2n) is 6.15. The highest BCUT2D eigenvalue weighted by molar-refractivity contribution is 5.93. The van der Waals surface area contributed by atoms with Crippen LogP contribution in [0.15, 0.2) is 48.2 Å².